The van der Waals surface area contributed by atoms with Crippen molar-refractivity contribution < 1.29 is 23.5 Å². The molecule has 2 N–H and O–H groups in total. The number of carbonyl (C=O) groups is 2. The minimum atomic E-state index is -0.744. The molecular formula is C21H18N2O5. The molecule has 2 aromatic carbocycles. The Morgan fingerprint density at radius 3 is 2.50 bits per heavy atom. The van der Waals surface area contributed by atoms with Gasteiger partial charge in [0, 0.05) is 11.3 Å². The van der Waals surface area contributed by atoms with Gasteiger partial charge in [0.05, 0.1) is 12.8 Å². The van der Waals surface area contributed by atoms with Crippen molar-refractivity contribution in [2.75, 3.05) is 11.9 Å². The van der Waals surface area contributed by atoms with E-state index in [-0.39, 0.29) is 18.4 Å². The van der Waals surface area contributed by atoms with E-state index in [1.54, 1.807) is 54.8 Å². The highest BCUT2D eigenvalue weighted by atomic mass is 16.6. The fraction of sp³-hybridized carbons (Fsp3) is 0.143. The maximum Gasteiger partial charge on any atom is 0.269 e. The number of anilines is 1. The predicted molar refractivity (Wildman–Crippen MR) is 101 cm³/mol. The van der Waals surface area contributed by atoms with Crippen LogP contribution in [0.1, 0.15) is 16.1 Å². The summed E-state index contributed by atoms with van der Waals surface area (Å²) in [4.78, 5) is 24.6. The second-order valence-corrected chi connectivity index (χ2v) is 6.19. The lowest BCUT2D eigenvalue weighted by Crippen LogP contribution is -2.40. The molecule has 142 valence electrons. The van der Waals surface area contributed by atoms with Gasteiger partial charge < -0.3 is 24.5 Å². The third-order valence-corrected chi connectivity index (χ3v) is 4.22. The monoisotopic (exact) mass is 378 g/mol. The number of amides is 2. The number of para-hydroxylation sites is 2. The first kappa shape index (κ1) is 17.7. The highest BCUT2D eigenvalue weighted by molar-refractivity contribution is 5.97. The van der Waals surface area contributed by atoms with Gasteiger partial charge in [-0.15, -0.1) is 0 Å². The first-order valence-corrected chi connectivity index (χ1v) is 8.79. The van der Waals surface area contributed by atoms with Crippen molar-refractivity contribution in [2.45, 2.75) is 12.6 Å². The molecule has 28 heavy (non-hydrogen) atoms. The first-order valence-electron chi connectivity index (χ1n) is 8.79. The number of hydrogen-bond acceptors (Lipinski definition) is 5. The van der Waals surface area contributed by atoms with Gasteiger partial charge in [-0.05, 0) is 48.5 Å². The number of fused-ring (bicyclic) bond motifs is 1. The van der Waals surface area contributed by atoms with Gasteiger partial charge in [-0.1, -0.05) is 12.1 Å². The summed E-state index contributed by atoms with van der Waals surface area (Å²) in [6, 6.07) is 17.4. The van der Waals surface area contributed by atoms with E-state index < -0.39 is 6.10 Å². The molecule has 7 nitrogen and oxygen atoms in total. The van der Waals surface area contributed by atoms with Gasteiger partial charge >= 0.3 is 0 Å². The molecule has 0 saturated carbocycles. The molecule has 0 fully saturated rings. The zero-order valence-electron chi connectivity index (χ0n) is 14.9. The van der Waals surface area contributed by atoms with Gasteiger partial charge in [-0.3, -0.25) is 9.59 Å². The van der Waals surface area contributed by atoms with Crippen LogP contribution in [0.5, 0.6) is 11.5 Å². The van der Waals surface area contributed by atoms with E-state index in [2.05, 4.69) is 10.6 Å². The number of furan rings is 1. The summed E-state index contributed by atoms with van der Waals surface area (Å²) < 4.78 is 16.4. The third-order valence-electron chi connectivity index (χ3n) is 4.22. The van der Waals surface area contributed by atoms with Crippen molar-refractivity contribution in [2.24, 2.45) is 0 Å². The Morgan fingerprint density at radius 1 is 0.964 bits per heavy atom. The molecule has 0 saturated heterocycles. The first-order chi connectivity index (χ1) is 13.7. The molecule has 1 atom stereocenters. The van der Waals surface area contributed by atoms with Crippen molar-refractivity contribution in [3.63, 3.8) is 0 Å². The van der Waals surface area contributed by atoms with E-state index in [4.69, 9.17) is 13.9 Å². The molecule has 0 bridgehead atoms. The van der Waals surface area contributed by atoms with Crippen LogP contribution < -0.4 is 20.1 Å². The van der Waals surface area contributed by atoms with E-state index in [9.17, 15) is 9.59 Å². The van der Waals surface area contributed by atoms with E-state index in [1.807, 2.05) is 12.1 Å². The molecule has 2 heterocycles. The second-order valence-electron chi connectivity index (χ2n) is 6.19. The molecule has 0 unspecified atom stereocenters. The molecule has 3 aromatic rings. The van der Waals surface area contributed by atoms with Gasteiger partial charge in [0.1, 0.15) is 12.4 Å². The van der Waals surface area contributed by atoms with Gasteiger partial charge in [-0.25, -0.2) is 0 Å². The molecule has 1 aliphatic rings. The number of hydrogen-bond donors (Lipinski definition) is 2. The van der Waals surface area contributed by atoms with E-state index >= 15 is 0 Å². The van der Waals surface area contributed by atoms with Gasteiger partial charge in [0.15, 0.2) is 11.5 Å². The molecule has 1 aromatic heterocycles. The Kier molecular flexibility index (Phi) is 4.97. The summed E-state index contributed by atoms with van der Waals surface area (Å²) in [5, 5.41) is 5.54. The fourth-order valence-corrected chi connectivity index (χ4v) is 2.76. The molecule has 2 amide bonds. The van der Waals surface area contributed by atoms with Crippen LogP contribution in [0.4, 0.5) is 5.69 Å². The van der Waals surface area contributed by atoms with Crippen LogP contribution in [0.15, 0.2) is 71.3 Å². The maximum absolute atomic E-state index is 12.4. The zero-order valence-corrected chi connectivity index (χ0v) is 14.9. The van der Waals surface area contributed by atoms with Crippen molar-refractivity contribution in [3.05, 3.63) is 78.3 Å². The number of ether oxygens (including phenoxy) is 2. The van der Waals surface area contributed by atoms with Gasteiger partial charge in [0.2, 0.25) is 6.10 Å². The number of benzene rings is 2. The van der Waals surface area contributed by atoms with Crippen LogP contribution in [0, 0.1) is 0 Å². The van der Waals surface area contributed by atoms with Crippen LogP contribution in [0.2, 0.25) is 0 Å². The lowest BCUT2D eigenvalue weighted by Gasteiger charge is -2.25. The zero-order chi connectivity index (χ0) is 19.3. The topological polar surface area (TPSA) is 89.8 Å². The Morgan fingerprint density at radius 2 is 1.75 bits per heavy atom. The lowest BCUT2D eigenvalue weighted by molar-refractivity contribution is -0.125. The van der Waals surface area contributed by atoms with E-state index in [0.29, 0.717) is 35.1 Å². The van der Waals surface area contributed by atoms with Crippen molar-refractivity contribution in [1.29, 1.82) is 0 Å². The third kappa shape index (κ3) is 3.98. The normalized spacial score (nSPS) is 14.9. The summed E-state index contributed by atoms with van der Waals surface area (Å²) >= 11 is 0. The summed E-state index contributed by atoms with van der Waals surface area (Å²) in [5.74, 6) is 1.29. The minimum absolute atomic E-state index is 0.135. The SMILES string of the molecule is O=C(NCc1ccco1)c1ccc(NC(=O)[C@@H]2COc3ccccc3O2)cc1. The molecular weight excluding hydrogens is 360 g/mol. The molecule has 0 radical (unpaired) electrons. The van der Waals surface area contributed by atoms with E-state index in [0.717, 1.165) is 0 Å². The van der Waals surface area contributed by atoms with Gasteiger partial charge in [0.25, 0.3) is 11.8 Å². The summed E-state index contributed by atoms with van der Waals surface area (Å²) in [7, 11) is 0. The van der Waals surface area contributed by atoms with Crippen LogP contribution >= 0.6 is 0 Å². The fourth-order valence-electron chi connectivity index (χ4n) is 2.76. The number of carbonyl (C=O) groups excluding carboxylic acids is 2. The van der Waals surface area contributed by atoms with E-state index in [1.165, 1.54) is 0 Å². The quantitative estimate of drug-likeness (QED) is 0.712. The Labute approximate surface area is 161 Å². The molecule has 0 spiro atoms. The smallest absolute Gasteiger partial charge is 0.269 e. The molecule has 0 aliphatic carbocycles. The van der Waals surface area contributed by atoms with Crippen LogP contribution in [-0.4, -0.2) is 24.5 Å². The Balaban J connectivity index is 1.33. The minimum Gasteiger partial charge on any atom is -0.485 e. The maximum atomic E-state index is 12.4. The average Bonchev–Trinajstić information content (AvgIpc) is 3.26. The predicted octanol–water partition coefficient (Wildman–Crippen LogP) is 2.99. The molecule has 7 heteroatoms. The summed E-state index contributed by atoms with van der Waals surface area (Å²) in [6.07, 6.45) is 0.810. The van der Waals surface area contributed by atoms with Crippen molar-refractivity contribution in [1.82, 2.24) is 5.32 Å². The summed E-state index contributed by atoms with van der Waals surface area (Å²) in [5.41, 5.74) is 1.05. The Bertz CT molecular complexity index is 967. The van der Waals surface area contributed by atoms with Crippen molar-refractivity contribution >= 4 is 17.5 Å². The largest absolute Gasteiger partial charge is 0.485 e. The molecule has 1 aliphatic heterocycles. The van der Waals surface area contributed by atoms with Crippen LogP contribution in [0.25, 0.3) is 0 Å². The standard InChI is InChI=1S/C21H18N2O5/c24-20(22-12-16-4-3-11-26-16)14-7-9-15(10-8-14)23-21(25)19-13-27-17-5-1-2-6-18(17)28-19/h1-11,19H,12-13H2,(H,22,24)(H,23,25)/t19-/m0/s1. The highest BCUT2D eigenvalue weighted by Gasteiger charge is 2.27. The lowest BCUT2D eigenvalue weighted by atomic mass is 10.2. The highest BCUT2D eigenvalue weighted by Crippen LogP contribution is 2.31. The van der Waals surface area contributed by atoms with Crippen molar-refractivity contribution in [3.8, 4) is 11.5 Å². The van der Waals surface area contributed by atoms with Gasteiger partial charge in [-0.2, -0.15) is 0 Å². The van der Waals surface area contributed by atoms with Crippen LogP contribution in [-0.2, 0) is 11.3 Å². The average molecular weight is 378 g/mol. The Hall–Kier alpha value is -3.74. The number of rotatable bonds is 5. The second kappa shape index (κ2) is 7.87. The molecule has 4 rings (SSSR count). The number of nitrogens with one attached hydrogen (secondary N) is 2. The van der Waals surface area contributed by atoms with Crippen LogP contribution in [0.3, 0.4) is 0 Å². The summed E-state index contributed by atoms with van der Waals surface area (Å²) in [6.45, 7) is 0.445.